The highest BCUT2D eigenvalue weighted by Gasteiger charge is 2.37. The average molecular weight is 225 g/mol. The van der Waals surface area contributed by atoms with E-state index in [9.17, 15) is 5.11 Å². The molecule has 0 aromatic heterocycles. The van der Waals surface area contributed by atoms with Gasteiger partial charge in [0.2, 0.25) is 0 Å². The van der Waals surface area contributed by atoms with Gasteiger partial charge in [0.15, 0.2) is 0 Å². The minimum atomic E-state index is 0.278. The molecule has 0 unspecified atom stereocenters. The van der Waals surface area contributed by atoms with Crippen LogP contribution in [-0.4, -0.2) is 5.11 Å². The van der Waals surface area contributed by atoms with Gasteiger partial charge in [0.1, 0.15) is 5.75 Å². The van der Waals surface area contributed by atoms with Gasteiger partial charge in [0, 0.05) is 5.02 Å². The summed E-state index contributed by atoms with van der Waals surface area (Å²) < 4.78 is 0. The molecule has 0 amide bonds. The Balaban J connectivity index is 2.50. The van der Waals surface area contributed by atoms with Crippen molar-refractivity contribution in [1.82, 2.24) is 0 Å². The fraction of sp³-hybridized carbons (Fsp3) is 0.538. The highest BCUT2D eigenvalue weighted by Crippen LogP contribution is 2.52. The molecule has 0 radical (unpaired) electrons. The quantitative estimate of drug-likeness (QED) is 0.795. The molecule has 0 heterocycles. The maximum Gasteiger partial charge on any atom is 0.117 e. The molecule has 1 N–H and O–H groups in total. The summed E-state index contributed by atoms with van der Waals surface area (Å²) >= 11 is 6.22. The van der Waals surface area contributed by atoms with E-state index in [2.05, 4.69) is 20.8 Å². The van der Waals surface area contributed by atoms with Crippen LogP contribution in [0.25, 0.3) is 0 Å². The molecule has 82 valence electrons. The van der Waals surface area contributed by atoms with Crippen LogP contribution in [0, 0.1) is 5.92 Å². The van der Waals surface area contributed by atoms with E-state index >= 15 is 0 Å². The molecule has 0 saturated heterocycles. The molecule has 2 rings (SSSR count). The lowest BCUT2D eigenvalue weighted by atomic mass is 9.93. The van der Waals surface area contributed by atoms with Crippen LogP contribution in [0.4, 0.5) is 0 Å². The first-order valence-electron chi connectivity index (χ1n) is 5.53. The van der Waals surface area contributed by atoms with Crippen LogP contribution in [0.5, 0.6) is 5.75 Å². The highest BCUT2D eigenvalue weighted by molar-refractivity contribution is 6.31. The number of halogens is 1. The minimum Gasteiger partial charge on any atom is -0.508 e. The number of phenolic OH excluding ortho intramolecular Hbond substituents is 1. The van der Waals surface area contributed by atoms with Gasteiger partial charge in [-0.1, -0.05) is 32.4 Å². The maximum absolute atomic E-state index is 9.55. The Labute approximate surface area is 96.1 Å². The zero-order valence-electron chi connectivity index (χ0n) is 9.42. The summed E-state index contributed by atoms with van der Waals surface area (Å²) in [6.45, 7) is 6.53. The Kier molecular flexibility index (Phi) is 2.68. The summed E-state index contributed by atoms with van der Waals surface area (Å²) in [7, 11) is 0. The minimum absolute atomic E-state index is 0.278. The van der Waals surface area contributed by atoms with Gasteiger partial charge in [-0.3, -0.25) is 0 Å². The van der Waals surface area contributed by atoms with Gasteiger partial charge in [-0.05, 0) is 47.4 Å². The van der Waals surface area contributed by atoms with E-state index < -0.39 is 0 Å². The molecule has 0 spiro atoms. The summed E-state index contributed by atoms with van der Waals surface area (Å²) in [6.07, 6.45) is 1.23. The predicted molar refractivity (Wildman–Crippen MR) is 63.7 cm³/mol. The van der Waals surface area contributed by atoms with Crippen molar-refractivity contribution in [2.75, 3.05) is 0 Å². The van der Waals surface area contributed by atoms with Gasteiger partial charge < -0.3 is 5.11 Å². The maximum atomic E-state index is 9.55. The first kappa shape index (κ1) is 10.8. The van der Waals surface area contributed by atoms with Crippen LogP contribution >= 0.6 is 11.6 Å². The van der Waals surface area contributed by atoms with E-state index in [4.69, 9.17) is 11.6 Å². The highest BCUT2D eigenvalue weighted by atomic mass is 35.5. The number of benzene rings is 1. The predicted octanol–water partition coefficient (Wildman–Crippen LogP) is 4.29. The van der Waals surface area contributed by atoms with Crippen molar-refractivity contribution in [2.45, 2.75) is 39.0 Å². The van der Waals surface area contributed by atoms with Crippen molar-refractivity contribution in [3.63, 3.8) is 0 Å². The third-order valence-corrected chi connectivity index (χ3v) is 3.56. The molecular formula is C13H17ClO. The van der Waals surface area contributed by atoms with Gasteiger partial charge in [-0.25, -0.2) is 0 Å². The Morgan fingerprint density at radius 2 is 2.00 bits per heavy atom. The molecule has 0 bridgehead atoms. The first-order chi connectivity index (χ1) is 7.00. The second kappa shape index (κ2) is 3.71. The fourth-order valence-electron chi connectivity index (χ4n) is 2.22. The zero-order chi connectivity index (χ0) is 11.2. The van der Waals surface area contributed by atoms with Crippen molar-refractivity contribution >= 4 is 11.6 Å². The number of phenols is 1. The van der Waals surface area contributed by atoms with Crippen LogP contribution in [0.3, 0.4) is 0 Å². The summed E-state index contributed by atoms with van der Waals surface area (Å²) in [5.41, 5.74) is 2.46. The molecule has 1 aromatic carbocycles. The van der Waals surface area contributed by atoms with Crippen LogP contribution in [0.2, 0.25) is 5.02 Å². The number of rotatable bonds is 2. The largest absolute Gasteiger partial charge is 0.508 e. The summed E-state index contributed by atoms with van der Waals surface area (Å²) in [4.78, 5) is 0. The topological polar surface area (TPSA) is 20.2 Å². The van der Waals surface area contributed by atoms with Gasteiger partial charge in [0.25, 0.3) is 0 Å². The molecule has 2 atom stereocenters. The van der Waals surface area contributed by atoms with Crippen molar-refractivity contribution in [3.8, 4) is 5.75 Å². The molecule has 2 heteroatoms. The van der Waals surface area contributed by atoms with Gasteiger partial charge in [-0.2, -0.15) is 0 Å². The molecule has 1 aliphatic carbocycles. The van der Waals surface area contributed by atoms with E-state index in [-0.39, 0.29) is 5.75 Å². The smallest absolute Gasteiger partial charge is 0.117 e. The van der Waals surface area contributed by atoms with E-state index in [1.807, 2.05) is 6.07 Å². The first-order valence-corrected chi connectivity index (χ1v) is 5.90. The monoisotopic (exact) mass is 224 g/mol. The SMILES string of the molecule is CC(C)c1cc(O)cc(Cl)c1[C@H]1C[C@H]1C. The second-order valence-corrected chi connectivity index (χ2v) is 5.31. The van der Waals surface area contributed by atoms with E-state index in [0.717, 1.165) is 10.9 Å². The van der Waals surface area contributed by atoms with Crippen LogP contribution < -0.4 is 0 Å². The Morgan fingerprint density at radius 3 is 2.47 bits per heavy atom. The third-order valence-electron chi connectivity index (χ3n) is 3.25. The zero-order valence-corrected chi connectivity index (χ0v) is 10.2. The third kappa shape index (κ3) is 1.98. The molecule has 1 aromatic rings. The van der Waals surface area contributed by atoms with Crippen molar-refractivity contribution in [2.24, 2.45) is 5.92 Å². The molecule has 1 aliphatic rings. The van der Waals surface area contributed by atoms with Crippen molar-refractivity contribution < 1.29 is 5.11 Å². The molecule has 1 saturated carbocycles. The van der Waals surface area contributed by atoms with E-state index in [1.165, 1.54) is 17.5 Å². The standard InChI is InChI=1S/C13H17ClO/c1-7(2)10-5-9(15)6-12(14)13(10)11-4-8(11)3/h5-8,11,15H,4H2,1-3H3/t8-,11+/m1/s1. The van der Waals surface area contributed by atoms with E-state index in [0.29, 0.717) is 11.8 Å². The molecular weight excluding hydrogens is 208 g/mol. The number of hydrogen-bond donors (Lipinski definition) is 1. The summed E-state index contributed by atoms with van der Waals surface area (Å²) in [6, 6.07) is 3.52. The molecule has 0 aliphatic heterocycles. The number of aromatic hydroxyl groups is 1. The normalized spacial score (nSPS) is 24.6. The van der Waals surface area contributed by atoms with Gasteiger partial charge in [0.05, 0.1) is 0 Å². The molecule has 15 heavy (non-hydrogen) atoms. The second-order valence-electron chi connectivity index (χ2n) is 4.90. The Bertz CT molecular complexity index is 384. The molecule has 1 nitrogen and oxygen atoms in total. The lowest BCUT2D eigenvalue weighted by molar-refractivity contribution is 0.473. The summed E-state index contributed by atoms with van der Waals surface area (Å²) in [5, 5.41) is 10.3. The van der Waals surface area contributed by atoms with Crippen LogP contribution in [-0.2, 0) is 0 Å². The Hall–Kier alpha value is -0.690. The fourth-order valence-corrected chi connectivity index (χ4v) is 2.58. The lowest BCUT2D eigenvalue weighted by Gasteiger charge is -2.15. The van der Waals surface area contributed by atoms with Gasteiger partial charge >= 0.3 is 0 Å². The van der Waals surface area contributed by atoms with Gasteiger partial charge in [-0.15, -0.1) is 0 Å². The average Bonchev–Trinajstić information content (AvgIpc) is 2.80. The lowest BCUT2D eigenvalue weighted by Crippen LogP contribution is -1.96. The van der Waals surface area contributed by atoms with E-state index in [1.54, 1.807) is 6.07 Å². The number of hydrogen-bond acceptors (Lipinski definition) is 1. The molecule has 1 fully saturated rings. The Morgan fingerprint density at radius 1 is 1.40 bits per heavy atom. The van der Waals surface area contributed by atoms with Crippen LogP contribution in [0.1, 0.15) is 50.2 Å². The summed E-state index contributed by atoms with van der Waals surface area (Å²) in [5.74, 6) is 2.04. The van der Waals surface area contributed by atoms with Crippen molar-refractivity contribution in [3.05, 3.63) is 28.3 Å². The van der Waals surface area contributed by atoms with Crippen LogP contribution in [0.15, 0.2) is 12.1 Å². The van der Waals surface area contributed by atoms with Crippen molar-refractivity contribution in [1.29, 1.82) is 0 Å².